The van der Waals surface area contributed by atoms with Gasteiger partial charge in [0.25, 0.3) is 0 Å². The van der Waals surface area contributed by atoms with Crippen LogP contribution in [0.1, 0.15) is 69.4 Å². The summed E-state index contributed by atoms with van der Waals surface area (Å²) in [6.07, 6.45) is 8.12. The largest absolute Gasteiger partial charge is 0.274 e. The van der Waals surface area contributed by atoms with Crippen molar-refractivity contribution in [1.29, 1.82) is 0 Å². The van der Waals surface area contributed by atoms with Gasteiger partial charge in [-0.25, -0.2) is 19.5 Å². The molecule has 0 N–H and O–H groups in total. The summed E-state index contributed by atoms with van der Waals surface area (Å²) < 4.78 is 1.66. The van der Waals surface area contributed by atoms with E-state index in [-0.39, 0.29) is 5.91 Å². The SMILES string of the molecule is CCCCCCCCC(=O)n1c(CC)nc2nc3cc(Cl)ccc3nc21. The van der Waals surface area contributed by atoms with Crippen LogP contribution in [0, 0.1) is 0 Å². The summed E-state index contributed by atoms with van der Waals surface area (Å²) >= 11 is 6.04. The summed E-state index contributed by atoms with van der Waals surface area (Å²) in [6, 6.07) is 5.38. The zero-order valence-electron chi connectivity index (χ0n) is 15.5. The van der Waals surface area contributed by atoms with Crippen molar-refractivity contribution < 1.29 is 4.79 Å². The minimum atomic E-state index is 0.0578. The van der Waals surface area contributed by atoms with Crippen molar-refractivity contribution in [3.8, 4) is 0 Å². The van der Waals surface area contributed by atoms with Crippen LogP contribution in [0.15, 0.2) is 18.2 Å². The number of carbonyl (C=O) groups excluding carboxylic acids is 1. The Morgan fingerprint density at radius 2 is 1.77 bits per heavy atom. The summed E-state index contributed by atoms with van der Waals surface area (Å²) in [4.78, 5) is 26.5. The fourth-order valence-electron chi connectivity index (χ4n) is 3.20. The zero-order valence-corrected chi connectivity index (χ0v) is 16.2. The Kier molecular flexibility index (Phi) is 6.20. The number of carbonyl (C=O) groups is 1. The number of hydrogen-bond acceptors (Lipinski definition) is 4. The minimum absolute atomic E-state index is 0.0578. The Balaban J connectivity index is 1.84. The van der Waals surface area contributed by atoms with Crippen LogP contribution in [-0.2, 0) is 6.42 Å². The molecule has 0 spiro atoms. The topological polar surface area (TPSA) is 60.7 Å². The van der Waals surface area contributed by atoms with Gasteiger partial charge in [-0.05, 0) is 24.6 Å². The second-order valence-electron chi connectivity index (χ2n) is 6.63. The van der Waals surface area contributed by atoms with Crippen LogP contribution in [0.4, 0.5) is 0 Å². The number of imidazole rings is 1. The van der Waals surface area contributed by atoms with E-state index in [9.17, 15) is 4.79 Å². The average molecular weight is 373 g/mol. The molecule has 26 heavy (non-hydrogen) atoms. The first-order valence-electron chi connectivity index (χ1n) is 9.51. The van der Waals surface area contributed by atoms with Crippen LogP contribution in [0.3, 0.4) is 0 Å². The van der Waals surface area contributed by atoms with E-state index in [0.29, 0.717) is 34.7 Å². The zero-order chi connectivity index (χ0) is 18.5. The number of nitrogens with zero attached hydrogens (tertiary/aromatic N) is 4. The van der Waals surface area contributed by atoms with E-state index in [0.717, 1.165) is 24.2 Å². The summed E-state index contributed by atoms with van der Waals surface area (Å²) in [5.41, 5.74) is 2.47. The quantitative estimate of drug-likeness (QED) is 0.484. The van der Waals surface area contributed by atoms with E-state index < -0.39 is 0 Å². The average Bonchev–Trinajstić information content (AvgIpc) is 3.00. The van der Waals surface area contributed by atoms with Crippen molar-refractivity contribution in [2.45, 2.75) is 65.2 Å². The molecule has 0 fully saturated rings. The summed E-state index contributed by atoms with van der Waals surface area (Å²) in [5, 5.41) is 0.612. The van der Waals surface area contributed by atoms with E-state index in [2.05, 4.69) is 21.9 Å². The lowest BCUT2D eigenvalue weighted by Crippen LogP contribution is -2.14. The van der Waals surface area contributed by atoms with Crippen LogP contribution >= 0.6 is 11.6 Å². The van der Waals surface area contributed by atoms with Gasteiger partial charge >= 0.3 is 0 Å². The Bertz CT molecular complexity index is 919. The van der Waals surface area contributed by atoms with E-state index >= 15 is 0 Å². The predicted molar refractivity (Wildman–Crippen MR) is 106 cm³/mol. The van der Waals surface area contributed by atoms with Gasteiger partial charge in [0.15, 0.2) is 11.3 Å². The lowest BCUT2D eigenvalue weighted by molar-refractivity contribution is 0.0900. The maximum absolute atomic E-state index is 12.8. The molecule has 138 valence electrons. The number of unbranched alkanes of at least 4 members (excludes halogenated alkanes) is 5. The van der Waals surface area contributed by atoms with Gasteiger partial charge in [0.05, 0.1) is 11.0 Å². The van der Waals surface area contributed by atoms with Crippen molar-refractivity contribution in [3.63, 3.8) is 0 Å². The fourth-order valence-corrected chi connectivity index (χ4v) is 3.36. The molecule has 0 atom stereocenters. The van der Waals surface area contributed by atoms with E-state index in [1.807, 2.05) is 13.0 Å². The molecule has 5 nitrogen and oxygen atoms in total. The van der Waals surface area contributed by atoms with Gasteiger partial charge in [-0.2, -0.15) is 0 Å². The maximum atomic E-state index is 12.8. The Labute approximate surface area is 158 Å². The summed E-state index contributed by atoms with van der Waals surface area (Å²) in [5.74, 6) is 0.778. The Hall–Kier alpha value is -2.01. The standard InChI is InChI=1S/C20H25ClN4O/c1-3-5-6-7-8-9-10-18(26)25-17(4-2)24-19-20(25)23-15-12-11-14(21)13-16(15)22-19/h11-13H,3-10H2,1-2H3. The van der Waals surface area contributed by atoms with Gasteiger partial charge in [0.1, 0.15) is 5.82 Å². The predicted octanol–water partition coefficient (Wildman–Crippen LogP) is 5.59. The highest BCUT2D eigenvalue weighted by Gasteiger charge is 2.18. The van der Waals surface area contributed by atoms with Crippen LogP contribution in [-0.4, -0.2) is 25.4 Å². The first-order chi connectivity index (χ1) is 12.6. The van der Waals surface area contributed by atoms with Crippen LogP contribution < -0.4 is 0 Å². The van der Waals surface area contributed by atoms with Crippen molar-refractivity contribution in [3.05, 3.63) is 29.0 Å². The molecule has 1 aromatic carbocycles. The van der Waals surface area contributed by atoms with Crippen molar-refractivity contribution >= 4 is 39.8 Å². The normalized spacial score (nSPS) is 11.5. The van der Waals surface area contributed by atoms with Gasteiger partial charge in [0, 0.05) is 17.9 Å². The smallest absolute Gasteiger partial charge is 0.233 e. The third-order valence-corrected chi connectivity index (χ3v) is 4.84. The molecule has 3 rings (SSSR count). The summed E-state index contributed by atoms with van der Waals surface area (Å²) in [7, 11) is 0. The van der Waals surface area contributed by atoms with Gasteiger partial charge in [-0.3, -0.25) is 4.79 Å². The molecule has 0 bridgehead atoms. The van der Waals surface area contributed by atoms with Crippen LogP contribution in [0.5, 0.6) is 0 Å². The van der Waals surface area contributed by atoms with Crippen LogP contribution in [0.2, 0.25) is 5.02 Å². The van der Waals surface area contributed by atoms with Gasteiger partial charge in [-0.1, -0.05) is 57.6 Å². The molecular weight excluding hydrogens is 348 g/mol. The first-order valence-corrected chi connectivity index (χ1v) is 9.89. The molecule has 0 aliphatic heterocycles. The number of aromatic nitrogens is 4. The number of halogens is 1. The second kappa shape index (κ2) is 8.58. The highest BCUT2D eigenvalue weighted by Crippen LogP contribution is 2.21. The van der Waals surface area contributed by atoms with Crippen molar-refractivity contribution in [2.24, 2.45) is 0 Å². The van der Waals surface area contributed by atoms with Gasteiger partial charge < -0.3 is 0 Å². The molecule has 0 radical (unpaired) electrons. The Morgan fingerprint density at radius 1 is 1.00 bits per heavy atom. The highest BCUT2D eigenvalue weighted by atomic mass is 35.5. The maximum Gasteiger partial charge on any atom is 0.233 e. The molecule has 6 heteroatoms. The molecule has 0 amide bonds. The number of benzene rings is 1. The molecule has 2 aromatic heterocycles. The molecule has 3 aromatic rings. The number of fused-ring (bicyclic) bond motifs is 2. The van der Waals surface area contributed by atoms with Crippen molar-refractivity contribution in [2.75, 3.05) is 0 Å². The third kappa shape index (κ3) is 4.04. The lowest BCUT2D eigenvalue weighted by Gasteiger charge is -2.06. The Morgan fingerprint density at radius 3 is 2.54 bits per heavy atom. The molecule has 0 unspecified atom stereocenters. The second-order valence-corrected chi connectivity index (χ2v) is 7.07. The van der Waals surface area contributed by atoms with Crippen molar-refractivity contribution in [1.82, 2.24) is 19.5 Å². The van der Waals surface area contributed by atoms with Gasteiger partial charge in [0.2, 0.25) is 5.91 Å². The summed E-state index contributed by atoms with van der Waals surface area (Å²) in [6.45, 7) is 4.20. The molecule has 0 saturated heterocycles. The molecule has 0 aliphatic carbocycles. The molecular formula is C20H25ClN4O. The number of aryl methyl sites for hydroxylation is 1. The third-order valence-electron chi connectivity index (χ3n) is 4.60. The van der Waals surface area contributed by atoms with E-state index in [4.69, 9.17) is 11.6 Å². The first kappa shape index (κ1) is 18.8. The highest BCUT2D eigenvalue weighted by molar-refractivity contribution is 6.31. The molecule has 2 heterocycles. The fraction of sp³-hybridized carbons (Fsp3) is 0.500. The minimum Gasteiger partial charge on any atom is -0.274 e. The molecule has 0 aliphatic rings. The lowest BCUT2D eigenvalue weighted by atomic mass is 10.1. The molecule has 0 saturated carbocycles. The van der Waals surface area contributed by atoms with E-state index in [1.165, 1.54) is 25.7 Å². The van der Waals surface area contributed by atoms with Crippen LogP contribution in [0.25, 0.3) is 22.3 Å². The number of rotatable bonds is 8. The van der Waals surface area contributed by atoms with Gasteiger partial charge in [-0.15, -0.1) is 0 Å². The monoisotopic (exact) mass is 372 g/mol. The van der Waals surface area contributed by atoms with E-state index in [1.54, 1.807) is 16.7 Å². The number of hydrogen-bond donors (Lipinski definition) is 0.